The van der Waals surface area contributed by atoms with Gasteiger partial charge in [-0.15, -0.1) is 0 Å². The van der Waals surface area contributed by atoms with Gasteiger partial charge in [-0.25, -0.2) is 23.5 Å². The van der Waals surface area contributed by atoms with E-state index >= 15 is 0 Å². The van der Waals surface area contributed by atoms with Gasteiger partial charge in [0.1, 0.15) is 16.9 Å². The molecule has 1 saturated heterocycles. The lowest BCUT2D eigenvalue weighted by Gasteiger charge is -2.31. The minimum absolute atomic E-state index is 0.00403. The van der Waals surface area contributed by atoms with Gasteiger partial charge in [-0.05, 0) is 37.1 Å². The highest BCUT2D eigenvalue weighted by molar-refractivity contribution is 5.98. The Bertz CT molecular complexity index is 1290. The van der Waals surface area contributed by atoms with Crippen LogP contribution >= 0.6 is 0 Å². The number of likely N-dealkylation sites (tertiary alicyclic amines) is 1. The molecule has 2 aliphatic rings. The van der Waals surface area contributed by atoms with Gasteiger partial charge in [0.25, 0.3) is 17.7 Å². The molecule has 2 amide bonds. The number of aliphatic carboxylic acids is 1. The smallest absolute Gasteiger partial charge is 0.329 e. The Morgan fingerprint density at radius 2 is 1.74 bits per heavy atom. The summed E-state index contributed by atoms with van der Waals surface area (Å²) in [6, 6.07) is 6.60. The molecule has 0 atom stereocenters. The first-order chi connectivity index (χ1) is 16.2. The molecule has 34 heavy (non-hydrogen) atoms. The maximum Gasteiger partial charge on any atom is 0.329 e. The lowest BCUT2D eigenvalue weighted by Crippen LogP contribution is -2.43. The number of aromatic nitrogens is 3. The number of hydrogen-bond acceptors (Lipinski definition) is 5. The summed E-state index contributed by atoms with van der Waals surface area (Å²) in [5.74, 6) is -4.67. The van der Waals surface area contributed by atoms with Gasteiger partial charge in [0.15, 0.2) is 0 Å². The maximum atomic E-state index is 13.4. The second-order valence-electron chi connectivity index (χ2n) is 8.71. The quantitative estimate of drug-likeness (QED) is 0.593. The molecular weight excluding hydrogens is 448 g/mol. The van der Waals surface area contributed by atoms with Crippen molar-refractivity contribution in [1.29, 1.82) is 0 Å². The van der Waals surface area contributed by atoms with Crippen molar-refractivity contribution in [2.75, 3.05) is 13.1 Å². The fourth-order valence-corrected chi connectivity index (χ4v) is 4.03. The van der Waals surface area contributed by atoms with Crippen molar-refractivity contribution in [3.8, 4) is 5.69 Å². The number of piperidine rings is 1. The Morgan fingerprint density at radius 3 is 2.35 bits per heavy atom. The number of hydrogen-bond donors (Lipinski definition) is 2. The molecule has 0 radical (unpaired) electrons. The number of alkyl halides is 2. The Hall–Kier alpha value is -3.89. The molecular formula is C23H21F2N5O4. The van der Waals surface area contributed by atoms with Gasteiger partial charge in [-0.2, -0.15) is 0 Å². The number of halogens is 2. The first-order valence-electron chi connectivity index (χ1n) is 10.8. The summed E-state index contributed by atoms with van der Waals surface area (Å²) < 4.78 is 28.5. The minimum Gasteiger partial charge on any atom is -0.480 e. The first-order valence-corrected chi connectivity index (χ1v) is 10.8. The van der Waals surface area contributed by atoms with E-state index < -0.39 is 23.3 Å². The molecule has 0 aromatic carbocycles. The van der Waals surface area contributed by atoms with E-state index in [2.05, 4.69) is 15.3 Å². The number of carboxylic acids is 1. The minimum atomic E-state index is -2.73. The highest BCUT2D eigenvalue weighted by atomic mass is 19.3. The van der Waals surface area contributed by atoms with E-state index in [-0.39, 0.29) is 37.5 Å². The molecule has 5 rings (SSSR count). The van der Waals surface area contributed by atoms with Gasteiger partial charge in [-0.1, -0.05) is 0 Å². The average Bonchev–Trinajstić information content (AvgIpc) is 3.49. The van der Waals surface area contributed by atoms with E-state index in [0.717, 1.165) is 0 Å². The number of pyridine rings is 2. The molecule has 2 fully saturated rings. The highest BCUT2D eigenvalue weighted by Gasteiger charge is 2.51. The second-order valence-corrected chi connectivity index (χ2v) is 8.71. The molecule has 0 unspecified atom stereocenters. The first kappa shape index (κ1) is 21.9. The fraction of sp³-hybridized carbons (Fsp3) is 0.348. The van der Waals surface area contributed by atoms with E-state index in [1.165, 1.54) is 23.4 Å². The summed E-state index contributed by atoms with van der Waals surface area (Å²) in [6.07, 6.45) is 4.73. The van der Waals surface area contributed by atoms with Crippen molar-refractivity contribution >= 4 is 28.8 Å². The number of rotatable bonds is 5. The van der Waals surface area contributed by atoms with Crippen molar-refractivity contribution in [3.05, 3.63) is 54.1 Å². The molecule has 1 aliphatic heterocycles. The lowest BCUT2D eigenvalue weighted by molar-refractivity contribution is -0.140. The van der Waals surface area contributed by atoms with Gasteiger partial charge in [0, 0.05) is 43.7 Å². The van der Waals surface area contributed by atoms with Crippen molar-refractivity contribution in [2.24, 2.45) is 0 Å². The molecule has 0 bridgehead atoms. The van der Waals surface area contributed by atoms with Crippen LogP contribution in [0.15, 0.2) is 42.9 Å². The Labute approximate surface area is 192 Å². The van der Waals surface area contributed by atoms with Crippen LogP contribution in [0.5, 0.6) is 0 Å². The Kier molecular flexibility index (Phi) is 5.07. The predicted molar refractivity (Wildman–Crippen MR) is 116 cm³/mol. The van der Waals surface area contributed by atoms with E-state index in [4.69, 9.17) is 0 Å². The molecule has 4 heterocycles. The summed E-state index contributed by atoms with van der Waals surface area (Å²) in [7, 11) is 0. The number of nitrogens with zero attached hydrogens (tertiary/aromatic N) is 4. The largest absolute Gasteiger partial charge is 0.480 e. The number of nitrogens with one attached hydrogen (secondary N) is 1. The molecule has 2 N–H and O–H groups in total. The van der Waals surface area contributed by atoms with Crippen molar-refractivity contribution in [3.63, 3.8) is 0 Å². The topological polar surface area (TPSA) is 117 Å². The number of amides is 2. The summed E-state index contributed by atoms with van der Waals surface area (Å²) in [5.41, 5.74) is 0.412. The summed E-state index contributed by atoms with van der Waals surface area (Å²) >= 11 is 0. The van der Waals surface area contributed by atoms with Crippen LogP contribution in [0.2, 0.25) is 0 Å². The third-order valence-electron chi connectivity index (χ3n) is 6.33. The van der Waals surface area contributed by atoms with Crippen molar-refractivity contribution in [2.45, 2.75) is 37.1 Å². The summed E-state index contributed by atoms with van der Waals surface area (Å²) in [6.45, 7) is 0.00806. The predicted octanol–water partition coefficient (Wildman–Crippen LogP) is 2.64. The zero-order valence-corrected chi connectivity index (χ0v) is 18.0. The Balaban J connectivity index is 1.32. The number of fused-ring (bicyclic) bond motifs is 1. The van der Waals surface area contributed by atoms with Crippen molar-refractivity contribution in [1.82, 2.24) is 24.8 Å². The van der Waals surface area contributed by atoms with Crippen LogP contribution in [0.25, 0.3) is 16.7 Å². The highest BCUT2D eigenvalue weighted by Crippen LogP contribution is 2.35. The van der Waals surface area contributed by atoms with Gasteiger partial charge >= 0.3 is 5.97 Å². The van der Waals surface area contributed by atoms with Crippen molar-refractivity contribution < 1.29 is 28.3 Å². The molecule has 3 aromatic rings. The third kappa shape index (κ3) is 3.97. The summed E-state index contributed by atoms with van der Waals surface area (Å²) in [4.78, 5) is 46.3. The molecule has 3 aromatic heterocycles. The second kappa shape index (κ2) is 7.86. The molecule has 9 nitrogen and oxygen atoms in total. The SMILES string of the molecule is O=C(NC1(C(=O)O)CC1)c1ccc(-n2ccc3cc(C(=O)N4CCC(F)(F)CC4)cnc32)cn1. The zero-order valence-electron chi connectivity index (χ0n) is 18.0. The number of carbonyl (C=O) groups excluding carboxylic acids is 2. The molecule has 1 aliphatic carbocycles. The number of carbonyl (C=O) groups is 3. The van der Waals surface area contributed by atoms with Crippen LogP contribution in [0, 0.1) is 0 Å². The molecule has 1 saturated carbocycles. The standard InChI is InChI=1S/C23H21F2N5O4/c24-23(25)6-9-29(10-7-23)20(32)15-11-14-3-8-30(18(14)27-12-15)16-1-2-17(26-13-16)19(31)28-22(4-5-22)21(33)34/h1-3,8,11-13H,4-7,9-10H2,(H,28,31)(H,33,34). The van der Waals surface area contributed by atoms with Gasteiger partial charge in [0.05, 0.1) is 17.4 Å². The third-order valence-corrected chi connectivity index (χ3v) is 6.33. The van der Waals surface area contributed by atoms with Gasteiger partial charge in [-0.3, -0.25) is 14.2 Å². The maximum absolute atomic E-state index is 13.4. The lowest BCUT2D eigenvalue weighted by atomic mass is 10.1. The van der Waals surface area contributed by atoms with Crippen LogP contribution in [0.3, 0.4) is 0 Å². The van der Waals surface area contributed by atoms with Crippen LogP contribution in [-0.4, -0.2) is 66.9 Å². The van der Waals surface area contributed by atoms with Crippen LogP contribution < -0.4 is 5.32 Å². The van der Waals surface area contributed by atoms with Gasteiger partial charge in [0.2, 0.25) is 0 Å². The van der Waals surface area contributed by atoms with Crippen LogP contribution in [-0.2, 0) is 4.79 Å². The molecule has 176 valence electrons. The summed E-state index contributed by atoms with van der Waals surface area (Å²) in [5, 5.41) is 12.4. The van der Waals surface area contributed by atoms with Gasteiger partial charge < -0.3 is 15.3 Å². The molecule has 0 spiro atoms. The van der Waals surface area contributed by atoms with E-state index in [0.29, 0.717) is 35.1 Å². The Morgan fingerprint density at radius 1 is 1.00 bits per heavy atom. The zero-order chi connectivity index (χ0) is 24.1. The monoisotopic (exact) mass is 469 g/mol. The van der Waals surface area contributed by atoms with Crippen LogP contribution in [0.4, 0.5) is 8.78 Å². The van der Waals surface area contributed by atoms with E-state index in [1.54, 1.807) is 29.0 Å². The van der Waals surface area contributed by atoms with E-state index in [1.807, 2.05) is 0 Å². The number of carboxylic acid groups (broad SMARTS) is 1. The normalized spacial score (nSPS) is 18.5. The average molecular weight is 469 g/mol. The molecule has 11 heteroatoms. The fourth-order valence-electron chi connectivity index (χ4n) is 4.03. The van der Waals surface area contributed by atoms with E-state index in [9.17, 15) is 28.3 Å². The van der Waals surface area contributed by atoms with Crippen LogP contribution in [0.1, 0.15) is 46.5 Å².